The molecule has 4 heterocycles. The molecule has 1 spiro atoms. The number of likely N-dealkylation sites (tertiary alicyclic amines) is 1. The van der Waals surface area contributed by atoms with Crippen molar-refractivity contribution >= 4 is 17.8 Å². The molecule has 4 aliphatic heterocycles. The summed E-state index contributed by atoms with van der Waals surface area (Å²) >= 11 is 0. The molecule has 0 radical (unpaired) electrons. The summed E-state index contributed by atoms with van der Waals surface area (Å²) in [6, 6.07) is -0.831. The van der Waals surface area contributed by atoms with E-state index in [2.05, 4.69) is 0 Å². The molecule has 4 rings (SSSR count). The number of rotatable bonds is 7. The molecule has 1 N–H and O–H groups in total. The van der Waals surface area contributed by atoms with Crippen LogP contribution in [0.25, 0.3) is 0 Å². The highest BCUT2D eigenvalue weighted by molar-refractivity contribution is 5.99. The average Bonchev–Trinajstić information content (AvgIpc) is 3.18. The molecule has 8 heteroatoms. The van der Waals surface area contributed by atoms with Gasteiger partial charge < -0.3 is 24.4 Å². The number of aliphatic hydroxyl groups is 1. The monoisotopic (exact) mass is 474 g/mol. The first kappa shape index (κ1) is 24.9. The van der Waals surface area contributed by atoms with E-state index in [0.29, 0.717) is 19.7 Å². The van der Waals surface area contributed by atoms with E-state index in [1.54, 1.807) is 9.80 Å². The quantitative estimate of drug-likeness (QED) is 0.345. The molecule has 5 atom stereocenters. The number of ether oxygens (including phenoxy) is 2. The van der Waals surface area contributed by atoms with Gasteiger partial charge in [0.2, 0.25) is 11.8 Å². The first-order chi connectivity index (χ1) is 16.4. The van der Waals surface area contributed by atoms with E-state index >= 15 is 0 Å². The highest BCUT2D eigenvalue weighted by Crippen LogP contribution is 2.53. The summed E-state index contributed by atoms with van der Waals surface area (Å²) in [4.78, 5) is 44.4. The van der Waals surface area contributed by atoms with E-state index in [4.69, 9.17) is 14.6 Å². The Kier molecular flexibility index (Phi) is 7.77. The topological polar surface area (TPSA) is 96.4 Å². The van der Waals surface area contributed by atoms with Crippen molar-refractivity contribution in [3.05, 3.63) is 24.3 Å². The standard InChI is InChI=1S/C26H38N2O6/c1-18(2)27-15-11-13-26-21(20-19(34-26)12-7-3-6-10-17-33-25(20)32)23(30)28(22(26)24(27)31)14-8-4-5-9-16-29/h7,11-13,18-22,29H,3-6,8-10,14-17H2,1-2H3/b12-7-/t19-,20+,21-,22?,26-/m0/s1. The number of carbonyl (C=O) groups excluding carboxylic acids is 3. The number of esters is 1. The van der Waals surface area contributed by atoms with E-state index in [1.807, 2.05) is 38.2 Å². The van der Waals surface area contributed by atoms with Gasteiger partial charge in [-0.25, -0.2) is 0 Å². The Morgan fingerprint density at radius 3 is 2.65 bits per heavy atom. The minimum Gasteiger partial charge on any atom is -0.465 e. The lowest BCUT2D eigenvalue weighted by Crippen LogP contribution is -2.56. The summed E-state index contributed by atoms with van der Waals surface area (Å²) in [5.41, 5.74) is -1.18. The van der Waals surface area contributed by atoms with Gasteiger partial charge in [-0.2, -0.15) is 0 Å². The molecule has 0 aromatic heterocycles. The highest BCUT2D eigenvalue weighted by atomic mass is 16.6. The largest absolute Gasteiger partial charge is 0.465 e. The maximum atomic E-state index is 13.9. The lowest BCUT2D eigenvalue weighted by Gasteiger charge is -2.36. The molecule has 8 nitrogen and oxygen atoms in total. The number of unbranched alkanes of at least 4 members (excludes halogenated alkanes) is 3. The second-order valence-electron chi connectivity index (χ2n) is 10.1. The van der Waals surface area contributed by atoms with Crippen molar-refractivity contribution < 1.29 is 29.0 Å². The van der Waals surface area contributed by atoms with Gasteiger partial charge >= 0.3 is 5.97 Å². The zero-order valence-electron chi connectivity index (χ0n) is 20.4. The molecule has 34 heavy (non-hydrogen) atoms. The molecule has 2 amide bonds. The molecule has 2 saturated heterocycles. The smallest absolute Gasteiger partial charge is 0.312 e. The molecule has 0 aromatic carbocycles. The number of hydrogen-bond donors (Lipinski definition) is 1. The van der Waals surface area contributed by atoms with Crippen molar-refractivity contribution in [2.75, 3.05) is 26.3 Å². The van der Waals surface area contributed by atoms with Gasteiger partial charge in [0.15, 0.2) is 0 Å². The summed E-state index contributed by atoms with van der Waals surface area (Å²) in [5, 5.41) is 9.06. The summed E-state index contributed by atoms with van der Waals surface area (Å²) in [6.45, 7) is 5.28. The molecule has 2 fully saturated rings. The maximum absolute atomic E-state index is 13.9. The Morgan fingerprint density at radius 1 is 1.09 bits per heavy atom. The minimum atomic E-state index is -1.18. The molecular formula is C26H38N2O6. The summed E-state index contributed by atoms with van der Waals surface area (Å²) in [7, 11) is 0. The Balaban J connectivity index is 1.71. The van der Waals surface area contributed by atoms with Crippen molar-refractivity contribution in [1.29, 1.82) is 0 Å². The fraction of sp³-hybridized carbons (Fsp3) is 0.731. The van der Waals surface area contributed by atoms with Gasteiger partial charge in [-0.15, -0.1) is 0 Å². The first-order valence-corrected chi connectivity index (χ1v) is 12.8. The number of fused-ring (bicyclic) bond motifs is 2. The average molecular weight is 475 g/mol. The van der Waals surface area contributed by atoms with Crippen molar-refractivity contribution in [3.63, 3.8) is 0 Å². The molecule has 0 saturated carbocycles. The van der Waals surface area contributed by atoms with Crippen molar-refractivity contribution in [2.24, 2.45) is 11.8 Å². The minimum absolute atomic E-state index is 0.0279. The van der Waals surface area contributed by atoms with Crippen LogP contribution in [0.5, 0.6) is 0 Å². The van der Waals surface area contributed by atoms with E-state index in [0.717, 1.165) is 44.9 Å². The Morgan fingerprint density at radius 2 is 1.88 bits per heavy atom. The van der Waals surface area contributed by atoms with Crippen molar-refractivity contribution in [1.82, 2.24) is 9.80 Å². The Labute approximate surface area is 201 Å². The number of allylic oxidation sites excluding steroid dienone is 1. The van der Waals surface area contributed by atoms with Gasteiger partial charge in [0, 0.05) is 25.7 Å². The van der Waals surface area contributed by atoms with Crippen LogP contribution in [0.3, 0.4) is 0 Å². The van der Waals surface area contributed by atoms with E-state index in [-0.39, 0.29) is 24.5 Å². The van der Waals surface area contributed by atoms with Crippen LogP contribution in [-0.2, 0) is 23.9 Å². The van der Waals surface area contributed by atoms with E-state index < -0.39 is 35.6 Å². The number of aliphatic hydroxyl groups excluding tert-OH is 1. The van der Waals surface area contributed by atoms with Crippen LogP contribution in [0, 0.1) is 11.8 Å². The number of amides is 2. The summed E-state index contributed by atoms with van der Waals surface area (Å²) in [6.07, 6.45) is 12.8. The van der Waals surface area contributed by atoms with Gasteiger partial charge in [-0.3, -0.25) is 14.4 Å². The normalized spacial score (nSPS) is 34.5. The third-order valence-corrected chi connectivity index (χ3v) is 7.56. The second kappa shape index (κ2) is 10.6. The molecule has 188 valence electrons. The Hall–Kier alpha value is -2.19. The third kappa shape index (κ3) is 4.42. The number of carbonyl (C=O) groups is 3. The highest BCUT2D eigenvalue weighted by Gasteiger charge is 2.71. The first-order valence-electron chi connectivity index (χ1n) is 12.8. The second-order valence-corrected chi connectivity index (χ2v) is 10.1. The fourth-order valence-electron chi connectivity index (χ4n) is 5.89. The summed E-state index contributed by atoms with van der Waals surface area (Å²) < 4.78 is 12.2. The molecule has 0 aromatic rings. The zero-order chi connectivity index (χ0) is 24.3. The molecule has 0 bridgehead atoms. The molecule has 0 aliphatic carbocycles. The molecule has 1 unspecified atom stereocenters. The van der Waals surface area contributed by atoms with Crippen LogP contribution in [0.15, 0.2) is 24.3 Å². The van der Waals surface area contributed by atoms with Crippen molar-refractivity contribution in [2.45, 2.75) is 82.6 Å². The van der Waals surface area contributed by atoms with Crippen LogP contribution in [0.4, 0.5) is 0 Å². The van der Waals surface area contributed by atoms with Crippen LogP contribution >= 0.6 is 0 Å². The number of nitrogens with zero attached hydrogens (tertiary/aromatic N) is 2. The molecular weight excluding hydrogens is 436 g/mol. The fourth-order valence-corrected chi connectivity index (χ4v) is 5.89. The van der Waals surface area contributed by atoms with Crippen LogP contribution in [-0.4, -0.2) is 82.8 Å². The van der Waals surface area contributed by atoms with Crippen LogP contribution in [0.1, 0.15) is 58.8 Å². The van der Waals surface area contributed by atoms with Crippen LogP contribution < -0.4 is 0 Å². The van der Waals surface area contributed by atoms with Gasteiger partial charge in [-0.05, 0) is 46.0 Å². The van der Waals surface area contributed by atoms with Gasteiger partial charge in [0.1, 0.15) is 17.6 Å². The van der Waals surface area contributed by atoms with Gasteiger partial charge in [0.25, 0.3) is 0 Å². The predicted molar refractivity (Wildman–Crippen MR) is 126 cm³/mol. The lowest BCUT2D eigenvalue weighted by molar-refractivity contribution is -0.155. The van der Waals surface area contributed by atoms with Gasteiger partial charge in [-0.1, -0.05) is 37.1 Å². The summed E-state index contributed by atoms with van der Waals surface area (Å²) in [5.74, 6) is -2.31. The maximum Gasteiger partial charge on any atom is 0.312 e. The zero-order valence-corrected chi connectivity index (χ0v) is 20.4. The molecule has 4 aliphatic rings. The SMILES string of the molecule is CC(C)N1CC=C[C@]23O[C@H]4/C=C\CCCCOC(=O)[C@H]4[C@H]2C(=O)N(CCCCCCO)C3C1=O. The number of cyclic esters (lactones) is 1. The van der Waals surface area contributed by atoms with E-state index in [9.17, 15) is 14.4 Å². The number of hydrogen-bond acceptors (Lipinski definition) is 6. The predicted octanol–water partition coefficient (Wildman–Crippen LogP) is 2.21. The van der Waals surface area contributed by atoms with Crippen LogP contribution in [0.2, 0.25) is 0 Å². The van der Waals surface area contributed by atoms with E-state index in [1.165, 1.54) is 0 Å². The van der Waals surface area contributed by atoms with Crippen molar-refractivity contribution in [3.8, 4) is 0 Å². The third-order valence-electron chi connectivity index (χ3n) is 7.56. The lowest BCUT2D eigenvalue weighted by atomic mass is 9.78. The van der Waals surface area contributed by atoms with Gasteiger partial charge in [0.05, 0.1) is 18.6 Å². The Bertz CT molecular complexity index is 839.